The Kier molecular flexibility index (Phi) is 3.33. The molecule has 2 atom stereocenters. The summed E-state index contributed by atoms with van der Waals surface area (Å²) in [7, 11) is 0. The van der Waals surface area contributed by atoms with E-state index in [2.05, 4.69) is 17.1 Å². The van der Waals surface area contributed by atoms with Crippen LogP contribution in [0.5, 0.6) is 0 Å². The van der Waals surface area contributed by atoms with E-state index < -0.39 is 5.97 Å². The predicted octanol–water partition coefficient (Wildman–Crippen LogP) is 2.20. The van der Waals surface area contributed by atoms with E-state index in [1.54, 1.807) is 0 Å². The number of carbonyl (C=O) groups is 2. The van der Waals surface area contributed by atoms with Crippen LogP contribution in [-0.4, -0.2) is 34.0 Å². The molecule has 2 heterocycles. The number of rotatable bonds is 3. The van der Waals surface area contributed by atoms with Crippen LogP contribution in [0.4, 0.5) is 0 Å². The summed E-state index contributed by atoms with van der Waals surface area (Å²) in [5.74, 6) is 0.0234. The molecule has 104 valence electrons. The zero-order valence-corrected chi connectivity index (χ0v) is 11.1. The van der Waals surface area contributed by atoms with Gasteiger partial charge in [0.25, 0.3) is 0 Å². The van der Waals surface area contributed by atoms with Crippen molar-refractivity contribution in [3.63, 3.8) is 0 Å². The summed E-state index contributed by atoms with van der Waals surface area (Å²) in [4.78, 5) is 25.5. The first-order chi connectivity index (χ1) is 9.15. The molecule has 1 amide bonds. The number of carboxylic acids is 1. The minimum Gasteiger partial charge on any atom is -0.481 e. The standard InChI is InChI=1S/C15H21NO3/c17-14(18)9-10-7-12-5-6-13(8-10)16(12)15(19)11-3-1-2-4-11/h1-2,10-13H,3-9H2,(H,17,18). The zero-order chi connectivity index (χ0) is 13.4. The van der Waals surface area contributed by atoms with E-state index in [0.29, 0.717) is 18.0 Å². The van der Waals surface area contributed by atoms with Crippen LogP contribution in [-0.2, 0) is 9.59 Å². The molecule has 0 spiro atoms. The van der Waals surface area contributed by atoms with Crippen LogP contribution >= 0.6 is 0 Å². The van der Waals surface area contributed by atoms with Crippen LogP contribution in [0.3, 0.4) is 0 Å². The molecule has 2 aliphatic heterocycles. The lowest BCUT2D eigenvalue weighted by molar-refractivity contribution is -0.142. The summed E-state index contributed by atoms with van der Waals surface area (Å²) >= 11 is 0. The van der Waals surface area contributed by atoms with Crippen molar-refractivity contribution in [2.45, 2.75) is 57.0 Å². The number of piperidine rings is 1. The van der Waals surface area contributed by atoms with Gasteiger partial charge in [-0.15, -0.1) is 0 Å². The molecule has 1 aliphatic carbocycles. The quantitative estimate of drug-likeness (QED) is 0.794. The van der Waals surface area contributed by atoms with E-state index in [1.807, 2.05) is 0 Å². The molecule has 4 nitrogen and oxygen atoms in total. The molecule has 2 fully saturated rings. The van der Waals surface area contributed by atoms with Gasteiger partial charge in [0.1, 0.15) is 0 Å². The largest absolute Gasteiger partial charge is 0.481 e. The Morgan fingerprint density at radius 3 is 2.21 bits per heavy atom. The van der Waals surface area contributed by atoms with Crippen LogP contribution in [0.2, 0.25) is 0 Å². The van der Waals surface area contributed by atoms with E-state index in [0.717, 1.165) is 38.5 Å². The van der Waals surface area contributed by atoms with Gasteiger partial charge >= 0.3 is 5.97 Å². The fourth-order valence-electron chi connectivity index (χ4n) is 4.09. The molecule has 4 heteroatoms. The molecule has 0 aromatic heterocycles. The normalized spacial score (nSPS) is 33.9. The second-order valence-corrected chi connectivity index (χ2v) is 6.21. The Morgan fingerprint density at radius 2 is 1.68 bits per heavy atom. The third-order valence-electron chi connectivity index (χ3n) is 4.91. The summed E-state index contributed by atoms with van der Waals surface area (Å²) in [6.45, 7) is 0. The van der Waals surface area contributed by atoms with Crippen LogP contribution in [0, 0.1) is 11.8 Å². The number of nitrogens with zero attached hydrogens (tertiary/aromatic N) is 1. The van der Waals surface area contributed by atoms with Gasteiger partial charge in [0, 0.05) is 24.4 Å². The molecule has 2 unspecified atom stereocenters. The average molecular weight is 263 g/mol. The first kappa shape index (κ1) is 12.7. The lowest BCUT2D eigenvalue weighted by Gasteiger charge is -2.40. The van der Waals surface area contributed by atoms with Crippen LogP contribution < -0.4 is 0 Å². The van der Waals surface area contributed by atoms with Gasteiger partial charge in [-0.2, -0.15) is 0 Å². The Hall–Kier alpha value is -1.32. The van der Waals surface area contributed by atoms with Gasteiger partial charge in [0.05, 0.1) is 0 Å². The zero-order valence-electron chi connectivity index (χ0n) is 11.1. The highest BCUT2D eigenvalue weighted by molar-refractivity contribution is 5.81. The highest BCUT2D eigenvalue weighted by Crippen LogP contribution is 2.41. The molecule has 1 N–H and O–H groups in total. The molecule has 0 radical (unpaired) electrons. The first-order valence-electron chi connectivity index (χ1n) is 7.34. The van der Waals surface area contributed by atoms with Crippen LogP contribution in [0.15, 0.2) is 12.2 Å². The number of fused-ring (bicyclic) bond motifs is 2. The Labute approximate surface area is 113 Å². The van der Waals surface area contributed by atoms with Gasteiger partial charge in [0.2, 0.25) is 5.91 Å². The minimum atomic E-state index is -0.704. The third kappa shape index (κ3) is 2.40. The summed E-state index contributed by atoms with van der Waals surface area (Å²) < 4.78 is 0. The lowest BCUT2D eigenvalue weighted by atomic mass is 9.87. The fourth-order valence-corrected chi connectivity index (χ4v) is 4.09. The summed E-state index contributed by atoms with van der Waals surface area (Å²) in [5.41, 5.74) is 0. The predicted molar refractivity (Wildman–Crippen MR) is 70.5 cm³/mol. The highest BCUT2D eigenvalue weighted by Gasteiger charge is 2.44. The van der Waals surface area contributed by atoms with Gasteiger partial charge in [0.15, 0.2) is 0 Å². The number of allylic oxidation sites excluding steroid dienone is 2. The van der Waals surface area contributed by atoms with Gasteiger partial charge in [-0.05, 0) is 44.4 Å². The maximum atomic E-state index is 12.6. The monoisotopic (exact) mass is 263 g/mol. The fraction of sp³-hybridized carbons (Fsp3) is 0.733. The molecule has 0 aromatic rings. The van der Waals surface area contributed by atoms with Crippen molar-refractivity contribution in [3.05, 3.63) is 12.2 Å². The smallest absolute Gasteiger partial charge is 0.303 e. The SMILES string of the molecule is O=C(O)CC1CC2CCC(C1)N2C(=O)C1CC=CC1. The lowest BCUT2D eigenvalue weighted by Crippen LogP contribution is -2.48. The van der Waals surface area contributed by atoms with Crippen molar-refractivity contribution in [2.75, 3.05) is 0 Å². The average Bonchev–Trinajstić information content (AvgIpc) is 2.95. The van der Waals surface area contributed by atoms with Gasteiger partial charge in [-0.3, -0.25) is 9.59 Å². The topological polar surface area (TPSA) is 57.6 Å². The summed E-state index contributed by atoms with van der Waals surface area (Å²) in [6.07, 6.45) is 10.1. The molecule has 3 rings (SSSR count). The number of hydrogen-bond acceptors (Lipinski definition) is 2. The van der Waals surface area contributed by atoms with Gasteiger partial charge in [-0.25, -0.2) is 0 Å². The van der Waals surface area contributed by atoms with E-state index in [4.69, 9.17) is 5.11 Å². The second-order valence-electron chi connectivity index (χ2n) is 6.21. The second kappa shape index (κ2) is 4.99. The van der Waals surface area contributed by atoms with Gasteiger partial charge in [-0.1, -0.05) is 12.2 Å². The third-order valence-corrected chi connectivity index (χ3v) is 4.91. The molecule has 2 bridgehead atoms. The highest BCUT2D eigenvalue weighted by atomic mass is 16.4. The molecule has 0 aromatic carbocycles. The molecular weight excluding hydrogens is 242 g/mol. The maximum Gasteiger partial charge on any atom is 0.303 e. The van der Waals surface area contributed by atoms with Crippen LogP contribution in [0.1, 0.15) is 44.9 Å². The van der Waals surface area contributed by atoms with Crippen LogP contribution in [0.25, 0.3) is 0 Å². The van der Waals surface area contributed by atoms with E-state index in [9.17, 15) is 9.59 Å². The van der Waals surface area contributed by atoms with Crippen molar-refractivity contribution < 1.29 is 14.7 Å². The van der Waals surface area contributed by atoms with E-state index in [1.165, 1.54) is 0 Å². The van der Waals surface area contributed by atoms with Gasteiger partial charge < -0.3 is 10.0 Å². The molecule has 0 saturated carbocycles. The van der Waals surface area contributed by atoms with Crippen molar-refractivity contribution in [1.82, 2.24) is 4.90 Å². The molecule has 3 aliphatic rings. The number of carboxylic acid groups (broad SMARTS) is 1. The Morgan fingerprint density at radius 1 is 1.11 bits per heavy atom. The van der Waals surface area contributed by atoms with E-state index >= 15 is 0 Å². The maximum absolute atomic E-state index is 12.6. The van der Waals surface area contributed by atoms with Crippen molar-refractivity contribution in [2.24, 2.45) is 11.8 Å². The van der Waals surface area contributed by atoms with Crippen molar-refractivity contribution >= 4 is 11.9 Å². The Balaban J connectivity index is 1.66. The van der Waals surface area contributed by atoms with E-state index in [-0.39, 0.29) is 18.3 Å². The Bertz CT molecular complexity index is 396. The molecular formula is C15H21NO3. The number of carbonyl (C=O) groups excluding carboxylic acids is 1. The molecule has 19 heavy (non-hydrogen) atoms. The number of amides is 1. The summed E-state index contributed by atoms with van der Waals surface area (Å²) in [6, 6.07) is 0.604. The number of aliphatic carboxylic acids is 1. The molecule has 2 saturated heterocycles. The number of hydrogen-bond donors (Lipinski definition) is 1. The first-order valence-corrected chi connectivity index (χ1v) is 7.34. The summed E-state index contributed by atoms with van der Waals surface area (Å²) in [5, 5.41) is 8.92. The van der Waals surface area contributed by atoms with Crippen molar-refractivity contribution in [3.8, 4) is 0 Å². The van der Waals surface area contributed by atoms with Crippen molar-refractivity contribution in [1.29, 1.82) is 0 Å². The minimum absolute atomic E-state index is 0.152.